The predicted octanol–water partition coefficient (Wildman–Crippen LogP) is 2.90. The number of amides is 1. The van der Waals surface area contributed by atoms with Gasteiger partial charge in [0.15, 0.2) is 5.82 Å². The minimum atomic E-state index is 0.0417. The number of nitrogens with zero attached hydrogens (tertiary/aromatic N) is 5. The Bertz CT molecular complexity index is 934. The van der Waals surface area contributed by atoms with Gasteiger partial charge in [0.25, 0.3) is 0 Å². The molecule has 2 aromatic heterocycles. The molecule has 0 spiro atoms. The van der Waals surface area contributed by atoms with Crippen LogP contribution < -0.4 is 4.90 Å². The normalized spacial score (nSPS) is 14.4. The van der Waals surface area contributed by atoms with Gasteiger partial charge in [-0.2, -0.15) is 0 Å². The molecule has 0 radical (unpaired) electrons. The molecule has 0 aliphatic carbocycles. The summed E-state index contributed by atoms with van der Waals surface area (Å²) >= 11 is 0. The molecule has 1 amide bonds. The summed E-state index contributed by atoms with van der Waals surface area (Å²) in [6, 6.07) is 19.5. The van der Waals surface area contributed by atoms with Gasteiger partial charge in [0.2, 0.25) is 5.91 Å². The molecule has 4 rings (SSSR count). The number of pyridine rings is 1. The molecule has 0 N–H and O–H groups in total. The van der Waals surface area contributed by atoms with Crippen molar-refractivity contribution < 1.29 is 4.79 Å². The van der Waals surface area contributed by atoms with Crippen molar-refractivity contribution in [3.05, 3.63) is 78.5 Å². The topological polar surface area (TPSA) is 62.2 Å². The first kappa shape index (κ1) is 17.9. The third-order valence-corrected chi connectivity index (χ3v) is 4.71. The lowest BCUT2D eigenvalue weighted by molar-refractivity contribution is -0.126. The van der Waals surface area contributed by atoms with Crippen LogP contribution in [0.4, 0.5) is 5.82 Å². The Hall–Kier alpha value is -3.54. The number of anilines is 1. The second-order valence-electron chi connectivity index (χ2n) is 6.55. The minimum absolute atomic E-state index is 0.0417. The smallest absolute Gasteiger partial charge is 0.246 e. The number of aromatic nitrogens is 3. The Balaban J connectivity index is 1.34. The second kappa shape index (κ2) is 8.43. The minimum Gasteiger partial charge on any atom is -0.352 e. The maximum Gasteiger partial charge on any atom is 0.246 e. The average molecular weight is 371 g/mol. The summed E-state index contributed by atoms with van der Waals surface area (Å²) in [5.41, 5.74) is 2.59. The average Bonchev–Trinajstić information content (AvgIpc) is 2.79. The van der Waals surface area contributed by atoms with Crippen LogP contribution in [0.3, 0.4) is 0 Å². The maximum absolute atomic E-state index is 12.4. The Morgan fingerprint density at radius 2 is 1.61 bits per heavy atom. The Kier molecular flexibility index (Phi) is 5.38. The van der Waals surface area contributed by atoms with Gasteiger partial charge in [-0.15, -0.1) is 10.2 Å². The molecule has 140 valence electrons. The highest BCUT2D eigenvalue weighted by Crippen LogP contribution is 2.17. The summed E-state index contributed by atoms with van der Waals surface area (Å²) < 4.78 is 0. The molecule has 0 unspecified atom stereocenters. The van der Waals surface area contributed by atoms with E-state index >= 15 is 0 Å². The van der Waals surface area contributed by atoms with E-state index in [9.17, 15) is 4.79 Å². The van der Waals surface area contributed by atoms with E-state index in [1.807, 2.05) is 71.6 Å². The van der Waals surface area contributed by atoms with Gasteiger partial charge in [0.05, 0.1) is 5.69 Å². The SMILES string of the molecule is O=C(C=Cc1ccccc1)N1CCN(c2ccc(-c3ccccn3)nn2)CC1. The number of carbonyl (C=O) groups is 1. The fourth-order valence-corrected chi connectivity index (χ4v) is 3.14. The van der Waals surface area contributed by atoms with E-state index in [2.05, 4.69) is 20.1 Å². The van der Waals surface area contributed by atoms with Crippen LogP contribution in [-0.2, 0) is 4.79 Å². The van der Waals surface area contributed by atoms with Crippen molar-refractivity contribution in [2.75, 3.05) is 31.1 Å². The quantitative estimate of drug-likeness (QED) is 0.660. The first-order chi connectivity index (χ1) is 13.8. The zero-order chi connectivity index (χ0) is 19.2. The van der Waals surface area contributed by atoms with Gasteiger partial charge in [-0.3, -0.25) is 9.78 Å². The van der Waals surface area contributed by atoms with E-state index in [4.69, 9.17) is 0 Å². The monoisotopic (exact) mass is 371 g/mol. The summed E-state index contributed by atoms with van der Waals surface area (Å²) in [6.07, 6.45) is 5.25. The molecular weight excluding hydrogens is 350 g/mol. The largest absolute Gasteiger partial charge is 0.352 e. The number of piperazine rings is 1. The van der Waals surface area contributed by atoms with E-state index in [0.29, 0.717) is 13.1 Å². The number of hydrogen-bond acceptors (Lipinski definition) is 5. The van der Waals surface area contributed by atoms with Crippen LogP contribution >= 0.6 is 0 Å². The van der Waals surface area contributed by atoms with Crippen LogP contribution in [0.2, 0.25) is 0 Å². The number of hydrogen-bond donors (Lipinski definition) is 0. The summed E-state index contributed by atoms with van der Waals surface area (Å²) in [5.74, 6) is 0.867. The lowest BCUT2D eigenvalue weighted by atomic mass is 10.2. The van der Waals surface area contributed by atoms with Crippen molar-refractivity contribution in [2.24, 2.45) is 0 Å². The van der Waals surface area contributed by atoms with E-state index in [1.54, 1.807) is 12.3 Å². The van der Waals surface area contributed by atoms with Gasteiger partial charge >= 0.3 is 0 Å². The van der Waals surface area contributed by atoms with Gasteiger partial charge in [0.1, 0.15) is 5.69 Å². The first-order valence-electron chi connectivity index (χ1n) is 9.32. The highest BCUT2D eigenvalue weighted by Gasteiger charge is 2.20. The van der Waals surface area contributed by atoms with E-state index in [-0.39, 0.29) is 5.91 Å². The van der Waals surface area contributed by atoms with Crippen molar-refractivity contribution in [3.63, 3.8) is 0 Å². The summed E-state index contributed by atoms with van der Waals surface area (Å²) in [4.78, 5) is 20.7. The molecule has 6 heteroatoms. The highest BCUT2D eigenvalue weighted by atomic mass is 16.2. The summed E-state index contributed by atoms with van der Waals surface area (Å²) in [6.45, 7) is 2.81. The van der Waals surface area contributed by atoms with Gasteiger partial charge in [0, 0.05) is 38.5 Å². The second-order valence-corrected chi connectivity index (χ2v) is 6.55. The van der Waals surface area contributed by atoms with Crippen molar-refractivity contribution in [1.82, 2.24) is 20.1 Å². The van der Waals surface area contributed by atoms with Crippen LogP contribution in [0.1, 0.15) is 5.56 Å². The molecule has 1 aliphatic rings. The molecule has 1 saturated heterocycles. The van der Waals surface area contributed by atoms with Crippen molar-refractivity contribution >= 4 is 17.8 Å². The Morgan fingerprint density at radius 1 is 0.821 bits per heavy atom. The lowest BCUT2D eigenvalue weighted by Crippen LogP contribution is -2.48. The van der Waals surface area contributed by atoms with Crippen LogP contribution in [0.25, 0.3) is 17.5 Å². The molecular formula is C22H21N5O. The van der Waals surface area contributed by atoms with Gasteiger partial charge in [-0.05, 0) is 35.9 Å². The Morgan fingerprint density at radius 3 is 2.29 bits per heavy atom. The Labute approximate surface area is 164 Å². The zero-order valence-corrected chi connectivity index (χ0v) is 15.5. The number of carbonyl (C=O) groups excluding carboxylic acids is 1. The predicted molar refractivity (Wildman–Crippen MR) is 110 cm³/mol. The van der Waals surface area contributed by atoms with E-state index < -0.39 is 0 Å². The van der Waals surface area contributed by atoms with Crippen molar-refractivity contribution in [1.29, 1.82) is 0 Å². The maximum atomic E-state index is 12.4. The number of benzene rings is 1. The molecule has 1 fully saturated rings. The summed E-state index contributed by atoms with van der Waals surface area (Å²) in [7, 11) is 0. The third-order valence-electron chi connectivity index (χ3n) is 4.71. The van der Waals surface area contributed by atoms with Crippen molar-refractivity contribution in [2.45, 2.75) is 0 Å². The fourth-order valence-electron chi connectivity index (χ4n) is 3.14. The lowest BCUT2D eigenvalue weighted by Gasteiger charge is -2.34. The zero-order valence-electron chi connectivity index (χ0n) is 15.5. The summed E-state index contributed by atoms with van der Waals surface area (Å²) in [5, 5.41) is 8.64. The van der Waals surface area contributed by atoms with E-state index in [0.717, 1.165) is 35.9 Å². The van der Waals surface area contributed by atoms with Crippen LogP contribution in [0, 0.1) is 0 Å². The van der Waals surface area contributed by atoms with E-state index in [1.165, 1.54) is 0 Å². The molecule has 28 heavy (non-hydrogen) atoms. The third kappa shape index (κ3) is 4.23. The fraction of sp³-hybridized carbons (Fsp3) is 0.182. The first-order valence-corrected chi connectivity index (χ1v) is 9.32. The standard InChI is InChI=1S/C22H21N5O/c28-22(12-9-18-6-2-1-3-7-18)27-16-14-26(15-17-27)21-11-10-20(24-25-21)19-8-4-5-13-23-19/h1-13H,14-17H2. The van der Waals surface area contributed by atoms with Gasteiger partial charge < -0.3 is 9.80 Å². The van der Waals surface area contributed by atoms with Crippen molar-refractivity contribution in [3.8, 4) is 11.4 Å². The van der Waals surface area contributed by atoms with Gasteiger partial charge in [-0.1, -0.05) is 36.4 Å². The molecule has 0 bridgehead atoms. The molecule has 3 aromatic rings. The molecule has 1 aromatic carbocycles. The van der Waals surface area contributed by atoms with Crippen LogP contribution in [0.5, 0.6) is 0 Å². The molecule has 0 atom stereocenters. The molecule has 1 aliphatic heterocycles. The van der Waals surface area contributed by atoms with Crippen LogP contribution in [-0.4, -0.2) is 52.2 Å². The van der Waals surface area contributed by atoms with Gasteiger partial charge in [-0.25, -0.2) is 0 Å². The molecule has 3 heterocycles. The number of rotatable bonds is 4. The molecule has 0 saturated carbocycles. The highest BCUT2D eigenvalue weighted by molar-refractivity contribution is 5.91. The molecule has 6 nitrogen and oxygen atoms in total. The van der Waals surface area contributed by atoms with Crippen LogP contribution in [0.15, 0.2) is 72.9 Å².